The SMILES string of the molecule is Cc1ccc(C)c(S(=O)(=O)NNC(=O)c2cn(C)c3ccccc23)c1. The molecule has 0 aliphatic heterocycles. The standard InChI is InChI=1S/C18H19N3O3S/c1-12-8-9-13(2)17(10-12)25(23,24)20-19-18(22)15-11-21(3)16-7-5-4-6-14(15)16/h4-11,20H,1-3H3,(H,19,22). The van der Waals surface area contributed by atoms with E-state index < -0.39 is 15.9 Å². The summed E-state index contributed by atoms with van der Waals surface area (Å²) in [4.78, 5) is 14.8. The maximum Gasteiger partial charge on any atom is 0.268 e. The smallest absolute Gasteiger partial charge is 0.268 e. The van der Waals surface area contributed by atoms with Crippen LogP contribution in [-0.4, -0.2) is 18.9 Å². The largest absolute Gasteiger partial charge is 0.350 e. The van der Waals surface area contributed by atoms with E-state index in [1.54, 1.807) is 25.3 Å². The van der Waals surface area contributed by atoms with Gasteiger partial charge >= 0.3 is 0 Å². The van der Waals surface area contributed by atoms with Crippen molar-refractivity contribution in [3.8, 4) is 0 Å². The quantitative estimate of drug-likeness (QED) is 0.704. The van der Waals surface area contributed by atoms with Crippen molar-refractivity contribution in [2.75, 3.05) is 0 Å². The number of rotatable bonds is 4. The predicted molar refractivity (Wildman–Crippen MR) is 96.6 cm³/mol. The summed E-state index contributed by atoms with van der Waals surface area (Å²) in [5.41, 5.74) is 5.03. The van der Waals surface area contributed by atoms with Crippen LogP contribution in [0.15, 0.2) is 53.6 Å². The summed E-state index contributed by atoms with van der Waals surface area (Å²) in [5.74, 6) is -0.509. The van der Waals surface area contributed by atoms with E-state index in [1.807, 2.05) is 48.9 Å². The zero-order chi connectivity index (χ0) is 18.2. The molecule has 1 heterocycles. The summed E-state index contributed by atoms with van der Waals surface area (Å²) in [5, 5.41) is 0.758. The lowest BCUT2D eigenvalue weighted by Gasteiger charge is -2.11. The molecule has 0 bridgehead atoms. The van der Waals surface area contributed by atoms with Gasteiger partial charge in [-0.15, -0.1) is 4.83 Å². The fourth-order valence-corrected chi connectivity index (χ4v) is 3.93. The van der Waals surface area contributed by atoms with Gasteiger partial charge in [-0.05, 0) is 37.1 Å². The second-order valence-corrected chi connectivity index (χ2v) is 7.65. The van der Waals surface area contributed by atoms with Gasteiger partial charge in [0.05, 0.1) is 10.5 Å². The monoisotopic (exact) mass is 357 g/mol. The van der Waals surface area contributed by atoms with Gasteiger partial charge in [0.25, 0.3) is 15.9 Å². The highest BCUT2D eigenvalue weighted by Gasteiger charge is 2.20. The molecule has 1 amide bonds. The van der Waals surface area contributed by atoms with E-state index in [2.05, 4.69) is 10.3 Å². The molecule has 0 unspecified atom stereocenters. The minimum Gasteiger partial charge on any atom is -0.350 e. The van der Waals surface area contributed by atoms with Crippen molar-refractivity contribution < 1.29 is 13.2 Å². The zero-order valence-electron chi connectivity index (χ0n) is 14.2. The Hall–Kier alpha value is -2.64. The number of nitrogens with one attached hydrogen (secondary N) is 2. The van der Waals surface area contributed by atoms with E-state index in [-0.39, 0.29) is 4.90 Å². The Balaban J connectivity index is 1.85. The molecule has 7 heteroatoms. The van der Waals surface area contributed by atoms with Crippen LogP contribution in [0.1, 0.15) is 21.5 Å². The lowest BCUT2D eigenvalue weighted by molar-refractivity contribution is 0.0946. The molecular weight excluding hydrogens is 338 g/mol. The molecule has 0 aliphatic carbocycles. The summed E-state index contributed by atoms with van der Waals surface area (Å²) in [6, 6.07) is 12.6. The number of sulfonamides is 1. The second-order valence-electron chi connectivity index (χ2n) is 6.00. The molecule has 0 aliphatic rings. The Labute approximate surface area is 146 Å². The summed E-state index contributed by atoms with van der Waals surface area (Å²) >= 11 is 0. The van der Waals surface area contributed by atoms with E-state index in [4.69, 9.17) is 0 Å². The number of aryl methyl sites for hydroxylation is 3. The van der Waals surface area contributed by atoms with E-state index in [0.29, 0.717) is 11.1 Å². The number of hydrogen-bond donors (Lipinski definition) is 2. The minimum atomic E-state index is -3.85. The number of carbonyl (C=O) groups excluding carboxylic acids is 1. The zero-order valence-corrected chi connectivity index (χ0v) is 15.0. The first kappa shape index (κ1) is 17.2. The topological polar surface area (TPSA) is 80.2 Å². The average Bonchev–Trinajstić information content (AvgIpc) is 2.92. The van der Waals surface area contributed by atoms with E-state index in [0.717, 1.165) is 16.5 Å². The highest BCUT2D eigenvalue weighted by atomic mass is 32.2. The second kappa shape index (κ2) is 6.34. The molecule has 25 heavy (non-hydrogen) atoms. The molecule has 0 spiro atoms. The first-order chi connectivity index (χ1) is 11.8. The maximum absolute atomic E-state index is 12.5. The van der Waals surface area contributed by atoms with Crippen molar-refractivity contribution in [3.05, 3.63) is 65.4 Å². The fraction of sp³-hybridized carbons (Fsp3) is 0.167. The fourth-order valence-electron chi connectivity index (χ4n) is 2.76. The summed E-state index contributed by atoms with van der Waals surface area (Å²) in [6.45, 7) is 3.52. The number of aromatic nitrogens is 1. The van der Waals surface area contributed by atoms with Crippen molar-refractivity contribution in [2.24, 2.45) is 7.05 Å². The van der Waals surface area contributed by atoms with E-state index in [9.17, 15) is 13.2 Å². The van der Waals surface area contributed by atoms with Crippen LogP contribution < -0.4 is 10.3 Å². The molecule has 0 radical (unpaired) electrons. The predicted octanol–water partition coefficient (Wildman–Crippen LogP) is 2.42. The molecule has 2 N–H and O–H groups in total. The molecule has 0 atom stereocenters. The van der Waals surface area contributed by atoms with Gasteiger partial charge in [0.2, 0.25) is 0 Å². The first-order valence-electron chi connectivity index (χ1n) is 7.73. The van der Waals surface area contributed by atoms with Crippen molar-refractivity contribution in [2.45, 2.75) is 18.7 Å². The van der Waals surface area contributed by atoms with Crippen LogP contribution in [-0.2, 0) is 17.1 Å². The summed E-state index contributed by atoms with van der Waals surface area (Å²) < 4.78 is 26.8. The Morgan fingerprint density at radius 2 is 1.80 bits per heavy atom. The molecule has 0 saturated heterocycles. The molecular formula is C18H19N3O3S. The van der Waals surface area contributed by atoms with Gasteiger partial charge in [-0.3, -0.25) is 10.2 Å². The van der Waals surface area contributed by atoms with Crippen LogP contribution in [0.3, 0.4) is 0 Å². The van der Waals surface area contributed by atoms with Crippen molar-refractivity contribution in [3.63, 3.8) is 0 Å². The molecule has 1 aromatic heterocycles. The number of hydrogen-bond acceptors (Lipinski definition) is 3. The normalized spacial score (nSPS) is 11.6. The molecule has 2 aromatic carbocycles. The number of carbonyl (C=O) groups is 1. The number of para-hydroxylation sites is 1. The highest BCUT2D eigenvalue weighted by molar-refractivity contribution is 7.89. The number of fused-ring (bicyclic) bond motifs is 1. The summed E-state index contributed by atoms with van der Waals surface area (Å²) in [7, 11) is -2.02. The van der Waals surface area contributed by atoms with Crippen molar-refractivity contribution in [1.82, 2.24) is 14.8 Å². The van der Waals surface area contributed by atoms with Crippen LogP contribution in [0.4, 0.5) is 0 Å². The van der Waals surface area contributed by atoms with Crippen LogP contribution in [0.2, 0.25) is 0 Å². The Morgan fingerprint density at radius 1 is 1.08 bits per heavy atom. The number of hydrazine groups is 1. The number of amides is 1. The summed E-state index contributed by atoms with van der Waals surface area (Å²) in [6.07, 6.45) is 1.67. The van der Waals surface area contributed by atoms with E-state index >= 15 is 0 Å². The molecule has 0 fully saturated rings. The Kier molecular flexibility index (Phi) is 4.36. The van der Waals surface area contributed by atoms with Gasteiger partial charge in [-0.2, -0.15) is 0 Å². The van der Waals surface area contributed by atoms with Gasteiger partial charge in [0.1, 0.15) is 0 Å². The first-order valence-corrected chi connectivity index (χ1v) is 9.21. The third-order valence-electron chi connectivity index (χ3n) is 4.07. The number of nitrogens with zero attached hydrogens (tertiary/aromatic N) is 1. The minimum absolute atomic E-state index is 0.144. The third kappa shape index (κ3) is 3.29. The van der Waals surface area contributed by atoms with Crippen LogP contribution in [0, 0.1) is 13.8 Å². The van der Waals surface area contributed by atoms with Crippen LogP contribution >= 0.6 is 0 Å². The third-order valence-corrected chi connectivity index (χ3v) is 5.46. The van der Waals surface area contributed by atoms with Gasteiger partial charge in [-0.1, -0.05) is 30.3 Å². The van der Waals surface area contributed by atoms with Gasteiger partial charge in [0, 0.05) is 24.1 Å². The lowest BCUT2D eigenvalue weighted by Crippen LogP contribution is -2.41. The molecule has 130 valence electrons. The van der Waals surface area contributed by atoms with Gasteiger partial charge in [-0.25, -0.2) is 8.42 Å². The lowest BCUT2D eigenvalue weighted by atomic mass is 10.2. The molecule has 6 nitrogen and oxygen atoms in total. The van der Waals surface area contributed by atoms with Crippen molar-refractivity contribution in [1.29, 1.82) is 0 Å². The highest BCUT2D eigenvalue weighted by Crippen LogP contribution is 2.20. The Morgan fingerprint density at radius 3 is 2.56 bits per heavy atom. The molecule has 3 rings (SSSR count). The molecule has 3 aromatic rings. The van der Waals surface area contributed by atoms with Gasteiger partial charge < -0.3 is 4.57 Å². The molecule has 0 saturated carbocycles. The average molecular weight is 357 g/mol. The maximum atomic E-state index is 12.5. The van der Waals surface area contributed by atoms with Crippen LogP contribution in [0.25, 0.3) is 10.9 Å². The van der Waals surface area contributed by atoms with Crippen molar-refractivity contribution >= 4 is 26.8 Å². The van der Waals surface area contributed by atoms with E-state index in [1.165, 1.54) is 0 Å². The Bertz CT molecular complexity index is 1070. The number of benzene rings is 2. The van der Waals surface area contributed by atoms with Gasteiger partial charge in [0.15, 0.2) is 0 Å². The van der Waals surface area contributed by atoms with Crippen LogP contribution in [0.5, 0.6) is 0 Å².